The van der Waals surface area contributed by atoms with E-state index in [0.29, 0.717) is 5.82 Å². The largest absolute Gasteiger partial charge is 0.358 e. The molecule has 3 nitrogen and oxygen atoms in total. The molecule has 0 aliphatic carbocycles. The Balaban J connectivity index is -0.0000000667. The van der Waals surface area contributed by atoms with E-state index in [2.05, 4.69) is 21.9 Å². The molecule has 0 amide bonds. The van der Waals surface area contributed by atoms with Crippen LogP contribution in [-0.4, -0.2) is 15.0 Å². The molecule has 1 rings (SSSR count). The third kappa shape index (κ3) is 10.3. The van der Waals surface area contributed by atoms with Gasteiger partial charge in [0.1, 0.15) is 11.6 Å². The van der Waals surface area contributed by atoms with Crippen LogP contribution in [0, 0.1) is 21.3 Å². The van der Waals surface area contributed by atoms with Crippen LogP contribution in [0.1, 0.15) is 46.7 Å². The molecule has 0 aromatic carbocycles. The van der Waals surface area contributed by atoms with Crippen molar-refractivity contribution in [2.75, 3.05) is 0 Å². The number of aryl methyl sites for hydroxylation is 2. The molecular weight excluding hydrogens is 263 g/mol. The first-order valence-corrected chi connectivity index (χ1v) is 3.26. The van der Waals surface area contributed by atoms with Crippen molar-refractivity contribution in [2.45, 2.75) is 42.5 Å². The zero-order valence-corrected chi connectivity index (χ0v) is 10.7. The Kier molecular flexibility index (Phi) is 27.4. The quantitative estimate of drug-likeness (QED) is 0.744. The zero-order chi connectivity index (χ0) is 7.56. The molecule has 0 bridgehead atoms. The van der Waals surface area contributed by atoms with Crippen LogP contribution < -0.4 is 0 Å². The van der Waals surface area contributed by atoms with Gasteiger partial charge in [-0.15, -0.1) is 0 Å². The van der Waals surface area contributed by atoms with Gasteiger partial charge in [0.15, 0.2) is 0 Å². The fourth-order valence-corrected chi connectivity index (χ4v) is 0.756. The number of nitrogens with zero attached hydrogens (tertiary/aromatic N) is 3. The van der Waals surface area contributed by atoms with Crippen LogP contribution in [0.25, 0.3) is 0 Å². The van der Waals surface area contributed by atoms with E-state index in [9.17, 15) is 0 Å². The van der Waals surface area contributed by atoms with Gasteiger partial charge in [0.25, 0.3) is 0 Å². The molecule has 89 valence electrons. The second-order valence-corrected chi connectivity index (χ2v) is 2.07. The van der Waals surface area contributed by atoms with Gasteiger partial charge in [-0.2, -0.15) is 0 Å². The van der Waals surface area contributed by atoms with E-state index in [1.54, 1.807) is 0 Å². The van der Waals surface area contributed by atoms with Crippen LogP contribution in [-0.2, 0) is 39.1 Å². The van der Waals surface area contributed by atoms with Crippen LogP contribution in [0.2, 0.25) is 0 Å². The Bertz CT molecular complexity index is 219. The minimum Gasteiger partial charge on any atom is -0.358 e. The second-order valence-electron chi connectivity index (χ2n) is 2.07. The molecule has 0 aliphatic rings. The summed E-state index contributed by atoms with van der Waals surface area (Å²) in [5, 5.41) is 0. The Morgan fingerprint density at radius 3 is 1.87 bits per heavy atom. The topological polar surface area (TPSA) is 38.7 Å². The van der Waals surface area contributed by atoms with E-state index in [4.69, 9.17) is 0 Å². The van der Waals surface area contributed by atoms with Gasteiger partial charge in [-0.3, -0.25) is 9.97 Å². The normalized spacial score (nSPS) is 6.53. The van der Waals surface area contributed by atoms with Crippen molar-refractivity contribution in [1.29, 1.82) is 0 Å². The number of hydrogen-bond acceptors (Lipinski definition) is 3. The Hall–Kier alpha value is -0.0161. The van der Waals surface area contributed by atoms with Crippen LogP contribution in [0.15, 0.2) is 0 Å². The standard InChI is InChI=1S/C7H10N3.3CH4.CH3.Y/c1-4-7-9-5(2)8-6(3)10-7;;;;;/h2,4H2,1,3H3;3*1H4;1H3;/q-1;;;;-1;. The summed E-state index contributed by atoms with van der Waals surface area (Å²) in [4.78, 5) is 12.1. The molecule has 1 heterocycles. The summed E-state index contributed by atoms with van der Waals surface area (Å²) in [5.74, 6) is 2.12. The Morgan fingerprint density at radius 2 is 1.53 bits per heavy atom. The van der Waals surface area contributed by atoms with Crippen molar-refractivity contribution in [3.63, 3.8) is 0 Å². The van der Waals surface area contributed by atoms with Crippen LogP contribution in [0.5, 0.6) is 0 Å². The third-order valence-electron chi connectivity index (χ3n) is 1.16. The van der Waals surface area contributed by atoms with E-state index in [0.717, 1.165) is 18.1 Å². The average Bonchev–Trinajstić information content (AvgIpc) is 1.85. The number of rotatable bonds is 1. The number of hydrogen-bond donors (Lipinski definition) is 0. The average molecular weight is 288 g/mol. The van der Waals surface area contributed by atoms with Crippen LogP contribution in [0.3, 0.4) is 0 Å². The monoisotopic (exact) mass is 288 g/mol. The van der Waals surface area contributed by atoms with Crippen molar-refractivity contribution < 1.29 is 32.7 Å². The second kappa shape index (κ2) is 14.0. The van der Waals surface area contributed by atoms with E-state index in [1.165, 1.54) is 0 Å². The summed E-state index contributed by atoms with van der Waals surface area (Å²) >= 11 is 0. The summed E-state index contributed by atoms with van der Waals surface area (Å²) < 4.78 is 0. The fourth-order valence-electron chi connectivity index (χ4n) is 0.756. The Labute approximate surface area is 121 Å². The summed E-state index contributed by atoms with van der Waals surface area (Å²) in [6.07, 6.45) is 0.839. The molecule has 0 fully saturated rings. The molecule has 1 aromatic rings. The molecule has 0 saturated heterocycles. The SMILES string of the molecule is C.C.C.[CH2-]c1nc(C)nc(CC)n1.[CH3-].[Y]. The molecular formula is C11H25N3Y-2. The maximum atomic E-state index is 4.09. The molecule has 15 heavy (non-hydrogen) atoms. The summed E-state index contributed by atoms with van der Waals surface area (Å²) in [6, 6.07) is 0. The van der Waals surface area contributed by atoms with Crippen molar-refractivity contribution in [3.05, 3.63) is 31.8 Å². The summed E-state index contributed by atoms with van der Waals surface area (Å²) in [7, 11) is 0. The van der Waals surface area contributed by atoms with E-state index < -0.39 is 0 Å². The molecule has 0 saturated carbocycles. The van der Waals surface area contributed by atoms with Gasteiger partial charge in [0.2, 0.25) is 0 Å². The molecule has 1 radical (unpaired) electrons. The molecule has 0 atom stereocenters. The van der Waals surface area contributed by atoms with Crippen molar-refractivity contribution in [1.82, 2.24) is 15.0 Å². The van der Waals surface area contributed by atoms with Crippen molar-refractivity contribution in [2.24, 2.45) is 0 Å². The van der Waals surface area contributed by atoms with Gasteiger partial charge in [-0.1, -0.05) is 29.2 Å². The molecule has 0 aliphatic heterocycles. The molecule has 1 aromatic heterocycles. The molecule has 0 spiro atoms. The smallest absolute Gasteiger partial charge is 0.129 e. The van der Waals surface area contributed by atoms with Crippen LogP contribution in [0.4, 0.5) is 0 Å². The predicted octanol–water partition coefficient (Wildman–Crippen LogP) is 3.28. The van der Waals surface area contributed by atoms with Gasteiger partial charge < -0.3 is 14.4 Å². The minimum absolute atomic E-state index is 0. The fraction of sp³-hybridized carbons (Fsp3) is 0.545. The van der Waals surface area contributed by atoms with E-state index in [1.807, 2.05) is 13.8 Å². The van der Waals surface area contributed by atoms with Gasteiger partial charge in [0, 0.05) is 39.1 Å². The Morgan fingerprint density at radius 1 is 1.07 bits per heavy atom. The van der Waals surface area contributed by atoms with Gasteiger partial charge in [0.05, 0.1) is 0 Å². The van der Waals surface area contributed by atoms with Gasteiger partial charge >= 0.3 is 0 Å². The van der Waals surface area contributed by atoms with Gasteiger partial charge in [-0.05, 0) is 12.7 Å². The summed E-state index contributed by atoms with van der Waals surface area (Å²) in [6.45, 7) is 7.48. The minimum atomic E-state index is 0. The maximum Gasteiger partial charge on any atom is 0.129 e. The zero-order valence-electron chi connectivity index (χ0n) is 7.83. The van der Waals surface area contributed by atoms with Crippen molar-refractivity contribution >= 4 is 0 Å². The molecule has 4 heteroatoms. The maximum absolute atomic E-state index is 4.09. The first-order chi connectivity index (χ1) is 4.72. The first kappa shape index (κ1) is 29.4. The summed E-state index contributed by atoms with van der Waals surface area (Å²) in [5.41, 5.74) is 0. The van der Waals surface area contributed by atoms with E-state index in [-0.39, 0.29) is 62.4 Å². The van der Waals surface area contributed by atoms with Crippen LogP contribution >= 0.6 is 0 Å². The predicted molar refractivity (Wildman–Crippen MR) is 65.0 cm³/mol. The van der Waals surface area contributed by atoms with Gasteiger partial charge in [-0.25, -0.2) is 4.98 Å². The number of aromatic nitrogens is 3. The molecule has 0 N–H and O–H groups in total. The van der Waals surface area contributed by atoms with Crippen molar-refractivity contribution in [3.8, 4) is 0 Å². The van der Waals surface area contributed by atoms with E-state index >= 15 is 0 Å². The first-order valence-electron chi connectivity index (χ1n) is 3.26. The molecule has 0 unspecified atom stereocenters. The third-order valence-corrected chi connectivity index (χ3v) is 1.16.